The molecule has 0 fully saturated rings. The summed E-state index contributed by atoms with van der Waals surface area (Å²) in [5.74, 6) is 0.793. The van der Waals surface area contributed by atoms with Gasteiger partial charge in [-0.1, -0.05) is 132 Å². The molecule has 4 heterocycles. The van der Waals surface area contributed by atoms with Crippen LogP contribution in [0.1, 0.15) is 86.7 Å². The van der Waals surface area contributed by atoms with E-state index in [0.29, 0.717) is 39.2 Å². The number of hydrogen-bond donors (Lipinski definition) is 0. The maximum absolute atomic E-state index is 8.63. The van der Waals surface area contributed by atoms with Crippen LogP contribution in [0.25, 0.3) is 94.4 Å². The topological polar surface area (TPSA) is 57.0 Å². The minimum atomic E-state index is -2.38. The van der Waals surface area contributed by atoms with Crippen molar-refractivity contribution in [3.8, 4) is 39.5 Å². The van der Waals surface area contributed by atoms with Crippen molar-refractivity contribution in [1.29, 1.82) is 0 Å². The Bertz CT molecular complexity index is 3590. The second kappa shape index (κ2) is 17.4. The molecule has 7 aromatic carbocycles. The number of rotatable bonds is 6. The molecule has 0 amide bonds. The van der Waals surface area contributed by atoms with E-state index in [9.17, 15) is 0 Å². The largest absolute Gasteiger partial charge is 0.497 e. The Hall–Kier alpha value is -6.59. The van der Waals surface area contributed by atoms with E-state index in [4.69, 9.17) is 17.9 Å². The van der Waals surface area contributed by atoms with Crippen LogP contribution >= 0.6 is 0 Å². The van der Waals surface area contributed by atoms with Crippen LogP contribution in [-0.4, -0.2) is 14.5 Å². The first-order valence-corrected chi connectivity index (χ1v) is 22.0. The Kier molecular flexibility index (Phi) is 10.7. The second-order valence-corrected chi connectivity index (χ2v) is 18.2. The van der Waals surface area contributed by atoms with Gasteiger partial charge in [0.1, 0.15) is 5.58 Å². The van der Waals surface area contributed by atoms with Crippen molar-refractivity contribution in [3.63, 3.8) is 0 Å². The van der Waals surface area contributed by atoms with Gasteiger partial charge in [0.2, 0.25) is 0 Å². The van der Waals surface area contributed by atoms with Crippen molar-refractivity contribution < 1.29 is 33.1 Å². The zero-order chi connectivity index (χ0) is 46.8. The van der Waals surface area contributed by atoms with Crippen LogP contribution in [0.15, 0.2) is 161 Å². The molecule has 0 saturated carbocycles. The minimum Gasteiger partial charge on any atom is -0.497 e. The zero-order valence-corrected chi connectivity index (χ0v) is 40.0. The number of para-hydroxylation sites is 2. The molecule has 11 aromatic rings. The summed E-state index contributed by atoms with van der Waals surface area (Å²) in [6.45, 7) is 13.0. The molecule has 1 radical (unpaired) electrons. The molecule has 0 bridgehead atoms. The third-order valence-corrected chi connectivity index (χ3v) is 12.2. The molecule has 0 N–H and O–H groups in total. The molecule has 11 rings (SSSR count). The van der Waals surface area contributed by atoms with Crippen molar-refractivity contribution >= 4 is 54.9 Å². The summed E-state index contributed by atoms with van der Waals surface area (Å²) >= 11 is 0. The van der Waals surface area contributed by atoms with Gasteiger partial charge in [0.05, 0.1) is 22.4 Å². The molecule has 0 aliphatic heterocycles. The summed E-state index contributed by atoms with van der Waals surface area (Å²) in [4.78, 5) is 9.62. The van der Waals surface area contributed by atoms with E-state index < -0.39 is 6.85 Å². The van der Waals surface area contributed by atoms with E-state index in [2.05, 4.69) is 137 Å². The average molecular weight is 1030 g/mol. The molecule has 6 heteroatoms. The van der Waals surface area contributed by atoms with Gasteiger partial charge in [0, 0.05) is 52.3 Å². The first-order valence-electron chi connectivity index (χ1n) is 23.5. The number of furan rings is 2. The maximum atomic E-state index is 8.63. The third-order valence-electron chi connectivity index (χ3n) is 12.2. The van der Waals surface area contributed by atoms with Gasteiger partial charge in [-0.2, -0.15) is 0 Å². The number of imidazole rings is 1. The summed E-state index contributed by atoms with van der Waals surface area (Å²) in [5, 5.41) is 3.85. The maximum Gasteiger partial charge on any atom is 0.177 e. The predicted molar refractivity (Wildman–Crippen MR) is 265 cm³/mol. The average Bonchev–Trinajstić information content (AvgIpc) is 4.03. The Labute approximate surface area is 398 Å². The van der Waals surface area contributed by atoms with Crippen LogP contribution in [0, 0.1) is 19.0 Å². The predicted octanol–water partition coefficient (Wildman–Crippen LogP) is 16.4. The summed E-state index contributed by atoms with van der Waals surface area (Å²) in [5.41, 5.74) is 13.7. The standard InChI is InChI=1S/C44H35N2O2.C15H16N.Ir/c1-25(2)35-23-29(28-14-7-6-8-15-28)24-36(26(3)4)40(35)46-39-27(5)13-11-19-37(39)45-44(46)34-18-12-17-31-33-22-21-32-30-16-9-10-20-38(30)47-42(32)43(33)48-41(31)34;1-15(2,3)13-9-10-16-14(11-13)12-7-5-4-6-8-12;/h6-17,19-26H,1-5H3;4-7,9-11H,1-3H3;/q2*-1;/i5D3;;. The normalized spacial score (nSPS) is 12.7. The summed E-state index contributed by atoms with van der Waals surface area (Å²) in [6.07, 6.45) is 1.87. The Morgan fingerprint density at radius 2 is 1.32 bits per heavy atom. The Morgan fingerprint density at radius 3 is 2.03 bits per heavy atom. The number of benzene rings is 7. The molecule has 5 nitrogen and oxygen atoms in total. The van der Waals surface area contributed by atoms with Crippen LogP contribution in [0.2, 0.25) is 0 Å². The fraction of sp³-hybridized carbons (Fsp3) is 0.186. The summed E-state index contributed by atoms with van der Waals surface area (Å²) in [6, 6.07) is 55.2. The van der Waals surface area contributed by atoms with E-state index in [1.807, 2.05) is 72.9 Å². The van der Waals surface area contributed by atoms with Crippen molar-refractivity contribution in [2.75, 3.05) is 0 Å². The van der Waals surface area contributed by atoms with Gasteiger partial charge < -0.3 is 18.4 Å². The van der Waals surface area contributed by atoms with Crippen molar-refractivity contribution in [3.05, 3.63) is 186 Å². The third kappa shape index (κ3) is 7.90. The monoisotopic (exact) mass is 1030 g/mol. The molecule has 0 saturated heterocycles. The fourth-order valence-corrected chi connectivity index (χ4v) is 8.87. The van der Waals surface area contributed by atoms with E-state index in [-0.39, 0.29) is 42.9 Å². The summed E-state index contributed by atoms with van der Waals surface area (Å²) in [7, 11) is 0. The van der Waals surface area contributed by atoms with Crippen molar-refractivity contribution in [1.82, 2.24) is 14.5 Å². The number of aromatic nitrogens is 3. The number of nitrogens with zero attached hydrogens (tertiary/aromatic N) is 3. The number of pyridine rings is 1. The molecule has 0 aliphatic rings. The van der Waals surface area contributed by atoms with E-state index in [1.54, 1.807) is 12.1 Å². The molecule has 0 atom stereocenters. The van der Waals surface area contributed by atoms with Gasteiger partial charge in [0.25, 0.3) is 0 Å². The molecule has 65 heavy (non-hydrogen) atoms. The first-order chi connectivity index (χ1) is 32.2. The molecule has 325 valence electrons. The van der Waals surface area contributed by atoms with Crippen LogP contribution in [0.3, 0.4) is 0 Å². The van der Waals surface area contributed by atoms with Gasteiger partial charge in [-0.3, -0.25) is 4.98 Å². The molecule has 0 aliphatic carbocycles. The van der Waals surface area contributed by atoms with Gasteiger partial charge in [-0.05, 0) is 99.6 Å². The quantitative estimate of drug-likeness (QED) is 0.156. The molecule has 0 unspecified atom stereocenters. The molecule has 4 aromatic heterocycles. The van der Waals surface area contributed by atoms with Crippen molar-refractivity contribution in [2.45, 2.75) is 72.6 Å². The second-order valence-electron chi connectivity index (χ2n) is 18.2. The Balaban J connectivity index is 0.000000289. The SMILES string of the molecule is CC(C)(C)c1ccnc(-c2[c-]cccc2)c1.[2H]C([2H])([2H])c1cccc2nc(-c3[c-]ccc4c3oc3c4ccc4c5ccccc5oc43)n(-c3c(C(C)C)cc(-c4ccccc4)cc3C(C)C)c12.[Ir]. The number of hydrogen-bond acceptors (Lipinski definition) is 4. The fourth-order valence-electron chi connectivity index (χ4n) is 8.87. The van der Waals surface area contributed by atoms with Crippen LogP contribution in [0.5, 0.6) is 0 Å². The van der Waals surface area contributed by atoms with Gasteiger partial charge in [-0.15, -0.1) is 54.1 Å². The van der Waals surface area contributed by atoms with Gasteiger partial charge >= 0.3 is 0 Å². The van der Waals surface area contributed by atoms with Crippen LogP contribution in [0.4, 0.5) is 0 Å². The number of fused-ring (bicyclic) bond motifs is 8. The van der Waals surface area contributed by atoms with Crippen LogP contribution < -0.4 is 0 Å². The molecular formula is C59H51IrN3O2-2. The number of aryl methyl sites for hydroxylation is 1. The van der Waals surface area contributed by atoms with Crippen molar-refractivity contribution in [2.24, 2.45) is 0 Å². The first kappa shape index (κ1) is 40.0. The van der Waals surface area contributed by atoms with Crippen LogP contribution in [-0.2, 0) is 25.5 Å². The van der Waals surface area contributed by atoms with Gasteiger partial charge in [-0.25, -0.2) is 0 Å². The van der Waals surface area contributed by atoms with Gasteiger partial charge in [0.15, 0.2) is 11.2 Å². The Morgan fingerprint density at radius 1 is 0.631 bits per heavy atom. The van der Waals surface area contributed by atoms with E-state index >= 15 is 0 Å². The smallest absolute Gasteiger partial charge is 0.177 e. The zero-order valence-electron chi connectivity index (χ0n) is 40.6. The summed E-state index contributed by atoms with van der Waals surface area (Å²) < 4.78 is 41.2. The van der Waals surface area contributed by atoms with E-state index in [0.717, 1.165) is 66.3 Å². The minimum absolute atomic E-state index is 0. The molecule has 0 spiro atoms. The van der Waals surface area contributed by atoms with E-state index in [1.165, 1.54) is 5.56 Å². The molecular weight excluding hydrogens is 975 g/mol.